The van der Waals surface area contributed by atoms with E-state index in [2.05, 4.69) is 54.0 Å². The minimum absolute atomic E-state index is 0.0234. The first-order chi connectivity index (χ1) is 13.0. The van der Waals surface area contributed by atoms with Crippen molar-refractivity contribution in [2.45, 2.75) is 25.9 Å². The molecular weight excluding hydrogens is 340 g/mol. The van der Waals surface area contributed by atoms with Gasteiger partial charge in [0.05, 0.1) is 13.7 Å². The highest BCUT2D eigenvalue weighted by Crippen LogP contribution is 2.31. The van der Waals surface area contributed by atoms with Crippen LogP contribution in [0.15, 0.2) is 48.5 Å². The Hall–Kier alpha value is -2.24. The first-order valence-corrected chi connectivity index (χ1v) is 9.48. The van der Waals surface area contributed by atoms with Crippen molar-refractivity contribution >= 4 is 5.69 Å². The average molecular weight is 370 g/mol. The molecule has 2 aromatic rings. The number of hydrogen-bond donors (Lipinski definition) is 1. The van der Waals surface area contributed by atoms with Gasteiger partial charge in [-0.3, -0.25) is 4.90 Å². The number of rotatable bonds is 7. The monoisotopic (exact) mass is 370 g/mol. The quantitative estimate of drug-likeness (QED) is 0.811. The highest BCUT2D eigenvalue weighted by atomic mass is 16.5. The molecule has 0 spiro atoms. The molecule has 0 bridgehead atoms. The van der Waals surface area contributed by atoms with Crippen LogP contribution in [0.2, 0.25) is 0 Å². The van der Waals surface area contributed by atoms with Gasteiger partial charge in [0.2, 0.25) is 0 Å². The number of piperazine rings is 1. The third kappa shape index (κ3) is 4.93. The van der Waals surface area contributed by atoms with Crippen LogP contribution in [0.1, 0.15) is 19.4 Å². The number of ether oxygens (including phenoxy) is 2. The lowest BCUT2D eigenvalue weighted by atomic mass is 9.97. The Labute approximate surface area is 162 Å². The van der Waals surface area contributed by atoms with Crippen molar-refractivity contribution in [2.75, 3.05) is 44.9 Å². The predicted octanol–water partition coefficient (Wildman–Crippen LogP) is 3.17. The van der Waals surface area contributed by atoms with Crippen molar-refractivity contribution in [1.29, 1.82) is 0 Å². The van der Waals surface area contributed by atoms with Crippen molar-refractivity contribution in [3.8, 4) is 11.5 Å². The standard InChI is InChI=1S/C22H30N2O3/c1-22(2)17-23(16-18-6-4-9-21(14-18)27-13-12-25)10-11-24(22)19-7-5-8-20(15-19)26-3/h4-9,14-15,25H,10-13,16-17H2,1-3H3. The second-order valence-corrected chi connectivity index (χ2v) is 7.60. The van der Waals surface area contributed by atoms with E-state index in [1.54, 1.807) is 7.11 Å². The lowest BCUT2D eigenvalue weighted by Crippen LogP contribution is -2.59. The van der Waals surface area contributed by atoms with E-state index in [0.29, 0.717) is 6.61 Å². The molecule has 0 radical (unpaired) electrons. The smallest absolute Gasteiger partial charge is 0.120 e. The van der Waals surface area contributed by atoms with E-state index < -0.39 is 0 Å². The lowest BCUT2D eigenvalue weighted by Gasteiger charge is -2.48. The fourth-order valence-corrected chi connectivity index (χ4v) is 3.80. The molecule has 1 heterocycles. The van der Waals surface area contributed by atoms with Crippen LogP contribution >= 0.6 is 0 Å². The van der Waals surface area contributed by atoms with E-state index >= 15 is 0 Å². The zero-order valence-electron chi connectivity index (χ0n) is 16.5. The average Bonchev–Trinajstić information content (AvgIpc) is 2.66. The van der Waals surface area contributed by atoms with E-state index in [0.717, 1.165) is 37.7 Å². The number of aliphatic hydroxyl groups is 1. The topological polar surface area (TPSA) is 45.2 Å². The number of anilines is 1. The molecule has 5 heteroatoms. The summed E-state index contributed by atoms with van der Waals surface area (Å²) in [5.74, 6) is 1.71. The molecule has 0 aromatic heterocycles. The van der Waals surface area contributed by atoms with Gasteiger partial charge in [-0.05, 0) is 43.7 Å². The van der Waals surface area contributed by atoms with Crippen molar-refractivity contribution in [2.24, 2.45) is 0 Å². The Balaban J connectivity index is 1.66. The van der Waals surface area contributed by atoms with Gasteiger partial charge in [-0.15, -0.1) is 0 Å². The molecule has 1 N–H and O–H groups in total. The minimum Gasteiger partial charge on any atom is -0.497 e. The molecule has 27 heavy (non-hydrogen) atoms. The molecule has 0 saturated carbocycles. The summed E-state index contributed by atoms with van der Waals surface area (Å²) < 4.78 is 10.9. The Morgan fingerprint density at radius 3 is 2.56 bits per heavy atom. The molecule has 5 nitrogen and oxygen atoms in total. The van der Waals surface area contributed by atoms with Gasteiger partial charge in [-0.25, -0.2) is 0 Å². The largest absolute Gasteiger partial charge is 0.497 e. The van der Waals surface area contributed by atoms with Crippen molar-refractivity contribution in [3.63, 3.8) is 0 Å². The zero-order chi connectivity index (χ0) is 19.3. The molecule has 1 aliphatic rings. The van der Waals surface area contributed by atoms with E-state index in [1.807, 2.05) is 18.2 Å². The van der Waals surface area contributed by atoms with Gasteiger partial charge in [-0.2, -0.15) is 0 Å². The Morgan fingerprint density at radius 1 is 1.04 bits per heavy atom. The van der Waals surface area contributed by atoms with Crippen LogP contribution < -0.4 is 14.4 Å². The molecule has 0 unspecified atom stereocenters. The number of aliphatic hydroxyl groups excluding tert-OH is 1. The van der Waals surface area contributed by atoms with Crippen LogP contribution in [0.4, 0.5) is 5.69 Å². The number of nitrogens with zero attached hydrogens (tertiary/aromatic N) is 2. The van der Waals surface area contributed by atoms with Gasteiger partial charge in [-0.1, -0.05) is 18.2 Å². The van der Waals surface area contributed by atoms with Crippen LogP contribution in [0.25, 0.3) is 0 Å². The Morgan fingerprint density at radius 2 is 1.81 bits per heavy atom. The molecule has 1 fully saturated rings. The van der Waals surface area contributed by atoms with Crippen LogP contribution in [-0.4, -0.2) is 55.5 Å². The molecule has 0 aliphatic carbocycles. The van der Waals surface area contributed by atoms with Crippen LogP contribution in [0, 0.1) is 0 Å². The highest BCUT2D eigenvalue weighted by molar-refractivity contribution is 5.53. The third-order valence-corrected chi connectivity index (χ3v) is 5.01. The normalized spacial score (nSPS) is 17.0. The first-order valence-electron chi connectivity index (χ1n) is 9.48. The fraction of sp³-hybridized carbons (Fsp3) is 0.455. The second-order valence-electron chi connectivity index (χ2n) is 7.60. The number of benzene rings is 2. The summed E-state index contributed by atoms with van der Waals surface area (Å²) in [6.45, 7) is 8.79. The van der Waals surface area contributed by atoms with Crippen molar-refractivity contribution in [1.82, 2.24) is 4.90 Å². The third-order valence-electron chi connectivity index (χ3n) is 5.01. The van der Waals surface area contributed by atoms with Gasteiger partial charge in [0, 0.05) is 43.5 Å². The molecular formula is C22H30N2O3. The maximum absolute atomic E-state index is 8.92. The summed E-state index contributed by atoms with van der Waals surface area (Å²) in [6.07, 6.45) is 0. The molecule has 2 aromatic carbocycles. The fourth-order valence-electron chi connectivity index (χ4n) is 3.80. The zero-order valence-corrected chi connectivity index (χ0v) is 16.5. The van der Waals surface area contributed by atoms with Gasteiger partial charge >= 0.3 is 0 Å². The van der Waals surface area contributed by atoms with Gasteiger partial charge in [0.1, 0.15) is 18.1 Å². The Bertz CT molecular complexity index is 748. The van der Waals surface area contributed by atoms with Crippen LogP contribution in [0.5, 0.6) is 11.5 Å². The highest BCUT2D eigenvalue weighted by Gasteiger charge is 2.33. The SMILES string of the molecule is COc1cccc(N2CCN(Cc3cccc(OCCO)c3)CC2(C)C)c1. The first kappa shape index (κ1) is 19.5. The van der Waals surface area contributed by atoms with Gasteiger partial charge in [0.15, 0.2) is 0 Å². The van der Waals surface area contributed by atoms with Gasteiger partial charge < -0.3 is 19.5 Å². The number of methoxy groups -OCH3 is 1. The van der Waals surface area contributed by atoms with E-state index in [9.17, 15) is 0 Å². The molecule has 146 valence electrons. The summed E-state index contributed by atoms with van der Waals surface area (Å²) >= 11 is 0. The molecule has 1 saturated heterocycles. The maximum Gasteiger partial charge on any atom is 0.120 e. The Kier molecular flexibility index (Phi) is 6.24. The summed E-state index contributed by atoms with van der Waals surface area (Å²) in [5, 5.41) is 8.92. The predicted molar refractivity (Wildman–Crippen MR) is 109 cm³/mol. The molecule has 1 aliphatic heterocycles. The van der Waals surface area contributed by atoms with E-state index in [1.165, 1.54) is 11.3 Å². The molecule has 3 rings (SSSR count). The van der Waals surface area contributed by atoms with Crippen LogP contribution in [0.3, 0.4) is 0 Å². The minimum atomic E-state index is 0.0234. The lowest BCUT2D eigenvalue weighted by molar-refractivity contribution is 0.175. The van der Waals surface area contributed by atoms with Crippen molar-refractivity contribution in [3.05, 3.63) is 54.1 Å². The van der Waals surface area contributed by atoms with Gasteiger partial charge in [0.25, 0.3) is 0 Å². The van der Waals surface area contributed by atoms with Crippen molar-refractivity contribution < 1.29 is 14.6 Å². The summed E-state index contributed by atoms with van der Waals surface area (Å²) in [6, 6.07) is 16.4. The number of hydrogen-bond acceptors (Lipinski definition) is 5. The molecule has 0 amide bonds. The summed E-state index contributed by atoms with van der Waals surface area (Å²) in [7, 11) is 1.71. The van der Waals surface area contributed by atoms with E-state index in [4.69, 9.17) is 14.6 Å². The summed E-state index contributed by atoms with van der Waals surface area (Å²) in [5.41, 5.74) is 2.46. The maximum atomic E-state index is 8.92. The van der Waals surface area contributed by atoms with E-state index in [-0.39, 0.29) is 12.1 Å². The van der Waals surface area contributed by atoms with Crippen LogP contribution in [-0.2, 0) is 6.54 Å². The second kappa shape index (κ2) is 8.63. The molecule has 0 atom stereocenters. The summed E-state index contributed by atoms with van der Waals surface area (Å²) in [4.78, 5) is 4.95.